The summed E-state index contributed by atoms with van der Waals surface area (Å²) in [5.41, 5.74) is 5.95. The lowest BCUT2D eigenvalue weighted by Gasteiger charge is -1.85. The Balaban J connectivity index is 0.000000261. The average molecular weight is 165 g/mol. The van der Waals surface area contributed by atoms with Crippen molar-refractivity contribution in [2.45, 2.75) is 0 Å². The van der Waals surface area contributed by atoms with Crippen LogP contribution in [0.15, 0.2) is 36.9 Å². The van der Waals surface area contributed by atoms with Crippen molar-refractivity contribution in [3.63, 3.8) is 0 Å². The summed E-state index contributed by atoms with van der Waals surface area (Å²) >= 11 is 0. The topological polar surface area (TPSA) is 46.2 Å². The largest absolute Gasteiger partial charge is 0.395 e. The zero-order valence-electron chi connectivity index (χ0n) is 7.11. The molecule has 2 nitrogen and oxygen atoms in total. The molecule has 0 fully saturated rings. The summed E-state index contributed by atoms with van der Waals surface area (Å²) in [6, 6.07) is 10.0. The first-order valence-electron chi connectivity index (χ1n) is 3.83. The van der Waals surface area contributed by atoms with Crippen molar-refractivity contribution in [2.75, 3.05) is 13.2 Å². The Morgan fingerprint density at radius 3 is 2.08 bits per heavy atom. The van der Waals surface area contributed by atoms with E-state index >= 15 is 0 Å². The minimum absolute atomic E-state index is 0.0972. The molecular formula is C10H15NO. The maximum Gasteiger partial charge on any atom is 0.0553 e. The van der Waals surface area contributed by atoms with Crippen molar-refractivity contribution in [1.82, 2.24) is 0 Å². The Kier molecular flexibility index (Phi) is 7.24. The summed E-state index contributed by atoms with van der Waals surface area (Å²) in [6.07, 6.45) is 1.83. The SMILES string of the molecule is C=Cc1ccccc1.NCCO. The molecular weight excluding hydrogens is 150 g/mol. The van der Waals surface area contributed by atoms with Crippen LogP contribution in [0.4, 0.5) is 0 Å². The first-order chi connectivity index (χ1) is 5.85. The third-order valence-corrected chi connectivity index (χ3v) is 1.16. The summed E-state index contributed by atoms with van der Waals surface area (Å²) in [7, 11) is 0. The molecule has 0 aromatic heterocycles. The maximum absolute atomic E-state index is 7.75. The predicted molar refractivity (Wildman–Crippen MR) is 52.7 cm³/mol. The van der Waals surface area contributed by atoms with E-state index in [9.17, 15) is 0 Å². The fraction of sp³-hybridized carbons (Fsp3) is 0.200. The molecule has 1 aromatic carbocycles. The van der Waals surface area contributed by atoms with E-state index in [1.807, 2.05) is 36.4 Å². The lowest BCUT2D eigenvalue weighted by molar-refractivity contribution is 0.306. The normalized spacial score (nSPS) is 8.17. The van der Waals surface area contributed by atoms with Crippen LogP contribution >= 0.6 is 0 Å². The van der Waals surface area contributed by atoms with Gasteiger partial charge >= 0.3 is 0 Å². The van der Waals surface area contributed by atoms with Gasteiger partial charge in [0.05, 0.1) is 6.61 Å². The molecule has 0 aliphatic heterocycles. The second-order valence-corrected chi connectivity index (χ2v) is 2.13. The number of aliphatic hydroxyl groups excluding tert-OH is 1. The van der Waals surface area contributed by atoms with Gasteiger partial charge in [-0.1, -0.05) is 43.0 Å². The van der Waals surface area contributed by atoms with E-state index in [1.165, 1.54) is 5.56 Å². The Bertz CT molecular complexity index is 194. The minimum Gasteiger partial charge on any atom is -0.395 e. The van der Waals surface area contributed by atoms with Crippen LogP contribution < -0.4 is 5.73 Å². The zero-order valence-corrected chi connectivity index (χ0v) is 7.11. The van der Waals surface area contributed by atoms with Crippen molar-refractivity contribution in [1.29, 1.82) is 0 Å². The van der Waals surface area contributed by atoms with E-state index in [0.29, 0.717) is 6.54 Å². The average Bonchev–Trinajstić information content (AvgIpc) is 2.19. The van der Waals surface area contributed by atoms with Gasteiger partial charge in [0.1, 0.15) is 0 Å². The van der Waals surface area contributed by atoms with Crippen molar-refractivity contribution in [3.05, 3.63) is 42.5 Å². The van der Waals surface area contributed by atoms with Gasteiger partial charge in [0.15, 0.2) is 0 Å². The van der Waals surface area contributed by atoms with Crippen LogP contribution in [0.2, 0.25) is 0 Å². The van der Waals surface area contributed by atoms with Crippen molar-refractivity contribution in [3.8, 4) is 0 Å². The molecule has 3 N–H and O–H groups in total. The lowest BCUT2D eigenvalue weighted by atomic mass is 10.2. The van der Waals surface area contributed by atoms with Gasteiger partial charge in [0.25, 0.3) is 0 Å². The van der Waals surface area contributed by atoms with Gasteiger partial charge in [-0.15, -0.1) is 0 Å². The molecule has 0 aliphatic rings. The van der Waals surface area contributed by atoms with Crippen LogP contribution in [0, 0.1) is 0 Å². The Hall–Kier alpha value is -1.12. The molecule has 0 radical (unpaired) electrons. The quantitative estimate of drug-likeness (QED) is 0.693. The molecule has 0 aliphatic carbocycles. The molecule has 12 heavy (non-hydrogen) atoms. The molecule has 1 rings (SSSR count). The van der Waals surface area contributed by atoms with E-state index in [-0.39, 0.29) is 6.61 Å². The van der Waals surface area contributed by atoms with E-state index in [1.54, 1.807) is 0 Å². The second-order valence-electron chi connectivity index (χ2n) is 2.13. The van der Waals surface area contributed by atoms with E-state index in [4.69, 9.17) is 10.8 Å². The smallest absolute Gasteiger partial charge is 0.0553 e. The molecule has 0 atom stereocenters. The summed E-state index contributed by atoms with van der Waals surface area (Å²) < 4.78 is 0. The summed E-state index contributed by atoms with van der Waals surface area (Å²) in [5.74, 6) is 0. The van der Waals surface area contributed by atoms with E-state index in [2.05, 4.69) is 6.58 Å². The van der Waals surface area contributed by atoms with Crippen LogP contribution in [-0.4, -0.2) is 18.3 Å². The van der Waals surface area contributed by atoms with Gasteiger partial charge in [0.2, 0.25) is 0 Å². The molecule has 0 bridgehead atoms. The van der Waals surface area contributed by atoms with Crippen molar-refractivity contribution in [2.24, 2.45) is 5.73 Å². The Morgan fingerprint density at radius 1 is 1.33 bits per heavy atom. The number of hydrogen-bond acceptors (Lipinski definition) is 2. The molecule has 66 valence electrons. The van der Waals surface area contributed by atoms with Gasteiger partial charge < -0.3 is 10.8 Å². The highest BCUT2D eigenvalue weighted by Crippen LogP contribution is 1.97. The van der Waals surface area contributed by atoms with Gasteiger partial charge in [-0.2, -0.15) is 0 Å². The number of aliphatic hydroxyl groups is 1. The fourth-order valence-electron chi connectivity index (χ4n) is 0.589. The summed E-state index contributed by atoms with van der Waals surface area (Å²) in [4.78, 5) is 0. The summed E-state index contributed by atoms with van der Waals surface area (Å²) in [5, 5.41) is 7.75. The number of hydrogen-bond donors (Lipinski definition) is 2. The van der Waals surface area contributed by atoms with Gasteiger partial charge in [-0.05, 0) is 5.56 Å². The second kappa shape index (κ2) is 7.98. The minimum atomic E-state index is 0.0972. The monoisotopic (exact) mass is 165 g/mol. The van der Waals surface area contributed by atoms with E-state index < -0.39 is 0 Å². The number of benzene rings is 1. The van der Waals surface area contributed by atoms with Gasteiger partial charge in [-0.3, -0.25) is 0 Å². The van der Waals surface area contributed by atoms with Crippen LogP contribution in [0.5, 0.6) is 0 Å². The molecule has 0 spiro atoms. The third-order valence-electron chi connectivity index (χ3n) is 1.16. The van der Waals surface area contributed by atoms with Crippen LogP contribution in [0.25, 0.3) is 6.08 Å². The first kappa shape index (κ1) is 10.9. The highest BCUT2D eigenvalue weighted by atomic mass is 16.3. The zero-order chi connectivity index (χ0) is 9.23. The van der Waals surface area contributed by atoms with Crippen LogP contribution in [0.3, 0.4) is 0 Å². The molecule has 2 heteroatoms. The van der Waals surface area contributed by atoms with E-state index in [0.717, 1.165) is 0 Å². The first-order valence-corrected chi connectivity index (χ1v) is 3.83. The highest BCUT2D eigenvalue weighted by molar-refractivity contribution is 5.45. The molecule has 0 unspecified atom stereocenters. The van der Waals surface area contributed by atoms with Crippen molar-refractivity contribution < 1.29 is 5.11 Å². The van der Waals surface area contributed by atoms with Crippen LogP contribution in [-0.2, 0) is 0 Å². The predicted octanol–water partition coefficient (Wildman–Crippen LogP) is 1.27. The Morgan fingerprint density at radius 2 is 1.83 bits per heavy atom. The Labute approximate surface area is 73.3 Å². The summed E-state index contributed by atoms with van der Waals surface area (Å²) in [6.45, 7) is 4.10. The number of nitrogens with two attached hydrogens (primary N) is 1. The maximum atomic E-state index is 7.75. The van der Waals surface area contributed by atoms with Crippen LogP contribution in [0.1, 0.15) is 5.56 Å². The molecule has 0 saturated heterocycles. The fourth-order valence-corrected chi connectivity index (χ4v) is 0.589. The molecule has 0 saturated carbocycles. The third kappa shape index (κ3) is 5.65. The highest BCUT2D eigenvalue weighted by Gasteiger charge is 1.75. The van der Waals surface area contributed by atoms with Crippen molar-refractivity contribution >= 4 is 6.08 Å². The van der Waals surface area contributed by atoms with Gasteiger partial charge in [0, 0.05) is 6.54 Å². The van der Waals surface area contributed by atoms with Gasteiger partial charge in [-0.25, -0.2) is 0 Å². The molecule has 1 aromatic rings. The standard InChI is InChI=1S/C8H8.C2H7NO/c1-2-8-6-4-3-5-7-8;3-1-2-4/h2-7H,1H2;4H,1-3H2. The lowest BCUT2D eigenvalue weighted by Crippen LogP contribution is -2.02. The number of rotatable bonds is 2. The molecule has 0 heterocycles. The molecule has 0 amide bonds.